The molecule has 0 radical (unpaired) electrons. The highest BCUT2D eigenvalue weighted by Gasteiger charge is 2.17. The second kappa shape index (κ2) is 9.20. The normalized spacial score (nSPS) is 10.2. The number of hydrogen-bond donors (Lipinski definition) is 1. The molecule has 0 aliphatic carbocycles. The molecule has 142 valence electrons. The summed E-state index contributed by atoms with van der Waals surface area (Å²) in [6.45, 7) is 0.554. The topological polar surface area (TPSA) is 108 Å². The minimum Gasteiger partial charge on any atom is -0.475 e. The Kier molecular flexibility index (Phi) is 6.98. The van der Waals surface area contributed by atoms with Crippen LogP contribution in [-0.2, 0) is 14.3 Å². The summed E-state index contributed by atoms with van der Waals surface area (Å²) >= 11 is 12.1. The van der Waals surface area contributed by atoms with Gasteiger partial charge in [0.2, 0.25) is 0 Å². The van der Waals surface area contributed by atoms with Crippen LogP contribution in [0.15, 0.2) is 36.4 Å². The number of para-hydroxylation sites is 2. The number of nitrogens with zero attached hydrogens (tertiary/aromatic N) is 1. The van der Waals surface area contributed by atoms with Crippen molar-refractivity contribution in [2.45, 2.75) is 6.92 Å². The molecule has 0 fully saturated rings. The highest BCUT2D eigenvalue weighted by Crippen LogP contribution is 2.32. The lowest BCUT2D eigenvalue weighted by Crippen LogP contribution is -2.24. The van der Waals surface area contributed by atoms with Crippen LogP contribution in [0, 0.1) is 17.0 Å². The van der Waals surface area contributed by atoms with E-state index in [0.717, 1.165) is 0 Å². The maximum absolute atomic E-state index is 11.9. The van der Waals surface area contributed by atoms with Crippen LogP contribution in [0.4, 0.5) is 11.4 Å². The minimum atomic E-state index is -0.871. The van der Waals surface area contributed by atoms with Crippen molar-refractivity contribution >= 4 is 46.5 Å². The Balaban J connectivity index is 1.87. The number of nitro benzene ring substituents is 1. The zero-order valence-corrected chi connectivity index (χ0v) is 15.5. The molecule has 2 rings (SSSR count). The van der Waals surface area contributed by atoms with Crippen LogP contribution in [0.25, 0.3) is 0 Å². The maximum Gasteiger partial charge on any atom is 0.344 e. The lowest BCUT2D eigenvalue weighted by atomic mass is 10.2. The largest absolute Gasteiger partial charge is 0.475 e. The Labute approximate surface area is 164 Å². The molecule has 0 saturated carbocycles. The number of halogens is 2. The van der Waals surface area contributed by atoms with Gasteiger partial charge in [-0.05, 0) is 24.6 Å². The molecule has 8 nitrogen and oxygen atoms in total. The second-order valence-electron chi connectivity index (χ2n) is 5.28. The molecular weight excluding hydrogens is 399 g/mol. The van der Waals surface area contributed by atoms with E-state index in [1.165, 1.54) is 24.3 Å². The van der Waals surface area contributed by atoms with Gasteiger partial charge in [-0.15, -0.1) is 0 Å². The predicted octanol–water partition coefficient (Wildman–Crippen LogP) is 3.77. The van der Waals surface area contributed by atoms with Crippen LogP contribution in [0.1, 0.15) is 5.56 Å². The van der Waals surface area contributed by atoms with Crippen molar-refractivity contribution in [1.29, 1.82) is 0 Å². The maximum atomic E-state index is 11.9. The van der Waals surface area contributed by atoms with E-state index in [1.807, 2.05) is 0 Å². The Morgan fingerprint density at radius 1 is 1.15 bits per heavy atom. The zero-order chi connectivity index (χ0) is 20.0. The molecule has 0 spiro atoms. The average molecular weight is 413 g/mol. The first-order chi connectivity index (χ1) is 12.8. The first-order valence-electron chi connectivity index (χ1n) is 7.56. The number of carbonyl (C=O) groups excluding carboxylic acids is 2. The van der Waals surface area contributed by atoms with Crippen molar-refractivity contribution in [3.8, 4) is 5.75 Å². The molecule has 0 unspecified atom stereocenters. The summed E-state index contributed by atoms with van der Waals surface area (Å²) in [6, 6.07) is 8.85. The number of nitro groups is 1. The van der Waals surface area contributed by atoms with Crippen molar-refractivity contribution < 1.29 is 24.0 Å². The number of amides is 1. The fourth-order valence-electron chi connectivity index (χ4n) is 2.00. The molecule has 10 heteroatoms. The quantitative estimate of drug-likeness (QED) is 0.421. The first kappa shape index (κ1) is 20.5. The van der Waals surface area contributed by atoms with E-state index in [4.69, 9.17) is 32.7 Å². The molecule has 0 saturated heterocycles. The third-order valence-corrected chi connectivity index (χ3v) is 4.12. The lowest BCUT2D eigenvalue weighted by molar-refractivity contribution is -0.385. The van der Waals surface area contributed by atoms with Gasteiger partial charge in [0, 0.05) is 6.07 Å². The van der Waals surface area contributed by atoms with Gasteiger partial charge in [0.15, 0.2) is 19.0 Å². The van der Waals surface area contributed by atoms with Crippen LogP contribution in [0.5, 0.6) is 5.75 Å². The molecule has 0 heterocycles. The van der Waals surface area contributed by atoms with Crippen molar-refractivity contribution in [3.63, 3.8) is 0 Å². The fraction of sp³-hybridized carbons (Fsp3) is 0.176. The summed E-state index contributed by atoms with van der Waals surface area (Å²) < 4.78 is 9.85. The van der Waals surface area contributed by atoms with E-state index in [0.29, 0.717) is 5.56 Å². The molecule has 1 N–H and O–H groups in total. The lowest BCUT2D eigenvalue weighted by Gasteiger charge is -2.11. The van der Waals surface area contributed by atoms with Crippen LogP contribution in [-0.4, -0.2) is 30.0 Å². The SMILES string of the molecule is Cc1ccc(Cl)c(NC(=O)COC(=O)COc2ccccc2[N+](=O)[O-])c1Cl. The van der Waals surface area contributed by atoms with E-state index in [9.17, 15) is 19.7 Å². The summed E-state index contributed by atoms with van der Waals surface area (Å²) in [4.78, 5) is 33.8. The van der Waals surface area contributed by atoms with E-state index in [-0.39, 0.29) is 27.2 Å². The monoisotopic (exact) mass is 412 g/mol. The fourth-order valence-corrected chi connectivity index (χ4v) is 2.47. The molecule has 0 aliphatic heterocycles. The van der Waals surface area contributed by atoms with Crippen LogP contribution >= 0.6 is 23.2 Å². The average Bonchev–Trinajstić information content (AvgIpc) is 2.65. The summed E-state index contributed by atoms with van der Waals surface area (Å²) in [5.74, 6) is -1.60. The van der Waals surface area contributed by atoms with Crippen LogP contribution in [0.3, 0.4) is 0 Å². The Hall–Kier alpha value is -2.84. The van der Waals surface area contributed by atoms with Gasteiger partial charge in [-0.1, -0.05) is 41.4 Å². The molecule has 0 atom stereocenters. The third kappa shape index (κ3) is 5.57. The smallest absolute Gasteiger partial charge is 0.344 e. The molecule has 2 aromatic rings. The number of ether oxygens (including phenoxy) is 2. The minimum absolute atomic E-state index is 0.0813. The van der Waals surface area contributed by atoms with Crippen LogP contribution in [0.2, 0.25) is 10.0 Å². The summed E-state index contributed by atoms with van der Waals surface area (Å²) in [5.41, 5.74) is 0.647. The van der Waals surface area contributed by atoms with Gasteiger partial charge in [0.25, 0.3) is 5.91 Å². The molecule has 1 amide bonds. The number of rotatable bonds is 7. The van der Waals surface area contributed by atoms with Gasteiger partial charge in [-0.25, -0.2) is 4.79 Å². The van der Waals surface area contributed by atoms with Gasteiger partial charge in [0.1, 0.15) is 0 Å². The van der Waals surface area contributed by atoms with E-state index in [1.54, 1.807) is 19.1 Å². The molecule has 27 heavy (non-hydrogen) atoms. The van der Waals surface area contributed by atoms with Crippen molar-refractivity contribution in [2.75, 3.05) is 18.5 Å². The second-order valence-corrected chi connectivity index (χ2v) is 6.06. The van der Waals surface area contributed by atoms with E-state index >= 15 is 0 Å². The van der Waals surface area contributed by atoms with Gasteiger partial charge in [-0.2, -0.15) is 0 Å². The van der Waals surface area contributed by atoms with Gasteiger partial charge in [-0.3, -0.25) is 14.9 Å². The van der Waals surface area contributed by atoms with Crippen molar-refractivity contribution in [2.24, 2.45) is 0 Å². The van der Waals surface area contributed by atoms with E-state index < -0.39 is 30.0 Å². The molecule has 0 aliphatic rings. The van der Waals surface area contributed by atoms with Crippen LogP contribution < -0.4 is 10.1 Å². The number of hydrogen-bond acceptors (Lipinski definition) is 6. The first-order valence-corrected chi connectivity index (χ1v) is 8.31. The molecule has 2 aromatic carbocycles. The molecule has 0 bridgehead atoms. The number of nitrogens with one attached hydrogen (secondary N) is 1. The van der Waals surface area contributed by atoms with Gasteiger partial charge in [0.05, 0.1) is 20.7 Å². The number of anilines is 1. The zero-order valence-electron chi connectivity index (χ0n) is 14.0. The Morgan fingerprint density at radius 2 is 1.85 bits per heavy atom. The standard InChI is InChI=1S/C17H14Cl2N2O6/c1-10-6-7-11(18)17(16(10)19)20-14(22)8-27-15(23)9-26-13-5-3-2-4-12(13)21(24)25/h2-7H,8-9H2,1H3,(H,20,22). The number of esters is 1. The van der Waals surface area contributed by atoms with Crippen molar-refractivity contribution in [1.82, 2.24) is 0 Å². The Bertz CT molecular complexity index is 888. The number of benzene rings is 2. The van der Waals surface area contributed by atoms with Gasteiger partial charge >= 0.3 is 11.7 Å². The van der Waals surface area contributed by atoms with E-state index in [2.05, 4.69) is 5.32 Å². The predicted molar refractivity (Wildman–Crippen MR) is 99.4 cm³/mol. The summed E-state index contributed by atoms with van der Waals surface area (Å²) in [6.07, 6.45) is 0. The molecular formula is C17H14Cl2N2O6. The number of carbonyl (C=O) groups is 2. The van der Waals surface area contributed by atoms with Gasteiger partial charge < -0.3 is 14.8 Å². The summed E-state index contributed by atoms with van der Waals surface area (Å²) in [7, 11) is 0. The van der Waals surface area contributed by atoms with Crippen molar-refractivity contribution in [3.05, 3.63) is 62.1 Å². The highest BCUT2D eigenvalue weighted by atomic mass is 35.5. The summed E-state index contributed by atoms with van der Waals surface area (Å²) in [5, 5.41) is 13.9. The number of aryl methyl sites for hydroxylation is 1. The molecule has 0 aromatic heterocycles. The third-order valence-electron chi connectivity index (χ3n) is 3.32. The highest BCUT2D eigenvalue weighted by molar-refractivity contribution is 6.40. The Morgan fingerprint density at radius 3 is 2.56 bits per heavy atom.